The summed E-state index contributed by atoms with van der Waals surface area (Å²) in [6, 6.07) is 5.00. The summed E-state index contributed by atoms with van der Waals surface area (Å²) in [5.74, 6) is 1.39. The number of alkyl halides is 3. The third kappa shape index (κ3) is 4.24. The molecule has 1 aliphatic heterocycles. The molecule has 2 amide bonds. The number of hydrogen-bond acceptors (Lipinski definition) is 4. The fourth-order valence-electron chi connectivity index (χ4n) is 7.96. The van der Waals surface area contributed by atoms with Crippen LogP contribution in [0.3, 0.4) is 0 Å². The number of carbonyl (C=O) groups excluding carboxylic acids is 2. The highest BCUT2D eigenvalue weighted by Crippen LogP contribution is 2.63. The van der Waals surface area contributed by atoms with Crippen LogP contribution in [0.15, 0.2) is 36.4 Å². The number of hydrogen-bond donors (Lipinski definition) is 1. The van der Waals surface area contributed by atoms with Gasteiger partial charge in [-0.2, -0.15) is 0 Å². The van der Waals surface area contributed by atoms with Crippen LogP contribution < -0.4 is 14.8 Å². The molecule has 0 bridgehead atoms. The number of benzene rings is 1. The van der Waals surface area contributed by atoms with Crippen molar-refractivity contribution in [2.24, 2.45) is 28.6 Å². The van der Waals surface area contributed by atoms with Gasteiger partial charge in [-0.3, -0.25) is 4.79 Å². The summed E-state index contributed by atoms with van der Waals surface area (Å²) >= 11 is 0. The predicted molar refractivity (Wildman–Crippen MR) is 126 cm³/mol. The molecule has 0 radical (unpaired) electrons. The van der Waals surface area contributed by atoms with Crippen molar-refractivity contribution in [3.05, 3.63) is 36.4 Å². The van der Waals surface area contributed by atoms with E-state index in [1.165, 1.54) is 12.1 Å². The maximum absolute atomic E-state index is 12.7. The standard InChI is InChI=1S/C27H33F3N2O4/c1-25-14-12-20-18(8-11-22-26(20,2)15-13-23(33)32(22)3)19(25)9-10-21(25)31-24(34)35-16-4-6-17(7-5-16)36-27(28,29)30/h4-7,13,15,18-22H,8-12,14H2,1-3H3,(H,31,34)/t18-,19-,20-,21-,22+,25-,26+/m0/s1. The van der Waals surface area contributed by atoms with Crippen molar-refractivity contribution in [3.8, 4) is 11.5 Å². The van der Waals surface area contributed by atoms with Gasteiger partial charge in [0.1, 0.15) is 11.5 Å². The number of amides is 2. The molecule has 0 unspecified atom stereocenters. The van der Waals surface area contributed by atoms with Crippen LogP contribution in [0.2, 0.25) is 0 Å². The van der Waals surface area contributed by atoms with E-state index in [1.807, 2.05) is 11.9 Å². The lowest BCUT2D eigenvalue weighted by atomic mass is 9.48. The van der Waals surface area contributed by atoms with Crippen molar-refractivity contribution in [3.63, 3.8) is 0 Å². The molecule has 3 saturated carbocycles. The lowest BCUT2D eigenvalue weighted by Gasteiger charge is -2.60. The Kier molecular flexibility index (Phi) is 6.03. The van der Waals surface area contributed by atoms with Crippen LogP contribution in [-0.2, 0) is 4.79 Å². The largest absolute Gasteiger partial charge is 0.573 e. The second-order valence-corrected chi connectivity index (χ2v) is 11.3. The van der Waals surface area contributed by atoms with Crippen LogP contribution in [0.25, 0.3) is 0 Å². The van der Waals surface area contributed by atoms with Gasteiger partial charge < -0.3 is 19.7 Å². The van der Waals surface area contributed by atoms with Gasteiger partial charge >= 0.3 is 12.5 Å². The van der Waals surface area contributed by atoms with Gasteiger partial charge in [0.05, 0.1) is 0 Å². The first kappa shape index (κ1) is 25.0. The molecule has 1 aromatic carbocycles. The summed E-state index contributed by atoms with van der Waals surface area (Å²) in [7, 11) is 1.92. The van der Waals surface area contributed by atoms with E-state index >= 15 is 0 Å². The SMILES string of the molecule is CN1C(=O)C=C[C@]2(C)[C@H]3CC[C@]4(C)[C@@H](NC(=O)Oc5ccc(OC(F)(F)F)cc5)CC[C@H]4[C@@H]3CC[C@@H]12. The molecule has 36 heavy (non-hydrogen) atoms. The second-order valence-electron chi connectivity index (χ2n) is 11.3. The van der Waals surface area contributed by atoms with Crippen LogP contribution in [0, 0.1) is 28.6 Å². The second kappa shape index (κ2) is 8.70. The highest BCUT2D eigenvalue weighted by atomic mass is 19.4. The van der Waals surface area contributed by atoms with Gasteiger partial charge in [0.15, 0.2) is 0 Å². The van der Waals surface area contributed by atoms with Gasteiger partial charge in [-0.05, 0) is 92.0 Å². The van der Waals surface area contributed by atoms with Crippen molar-refractivity contribution >= 4 is 12.0 Å². The van der Waals surface area contributed by atoms with Gasteiger partial charge in [0, 0.05) is 24.5 Å². The molecule has 3 fully saturated rings. The Morgan fingerprint density at radius 3 is 2.42 bits per heavy atom. The van der Waals surface area contributed by atoms with E-state index in [0.717, 1.165) is 50.7 Å². The third-order valence-corrected chi connectivity index (χ3v) is 9.69. The number of nitrogens with zero attached hydrogens (tertiary/aromatic N) is 1. The number of halogens is 3. The first-order valence-corrected chi connectivity index (χ1v) is 12.7. The number of fused-ring (bicyclic) bond motifs is 5. The van der Waals surface area contributed by atoms with E-state index in [2.05, 4.69) is 30.0 Å². The van der Waals surface area contributed by atoms with Crippen molar-refractivity contribution in [1.82, 2.24) is 10.2 Å². The topological polar surface area (TPSA) is 67.9 Å². The van der Waals surface area contributed by atoms with E-state index in [0.29, 0.717) is 17.8 Å². The lowest BCUT2D eigenvalue weighted by Crippen LogP contribution is -2.60. The van der Waals surface area contributed by atoms with E-state index in [-0.39, 0.29) is 40.3 Å². The molecule has 0 spiro atoms. The Hall–Kier alpha value is -2.71. The molecule has 5 rings (SSSR count). The summed E-state index contributed by atoms with van der Waals surface area (Å²) in [5.41, 5.74) is -0.0762. The van der Waals surface area contributed by atoms with Gasteiger partial charge in [-0.15, -0.1) is 13.2 Å². The molecule has 1 heterocycles. The van der Waals surface area contributed by atoms with Gasteiger partial charge in [-0.1, -0.05) is 19.9 Å². The molecule has 9 heteroatoms. The molecule has 0 saturated heterocycles. The first-order valence-electron chi connectivity index (χ1n) is 12.7. The van der Waals surface area contributed by atoms with Crippen LogP contribution in [0.5, 0.6) is 11.5 Å². The van der Waals surface area contributed by atoms with Crippen LogP contribution in [0.4, 0.5) is 18.0 Å². The zero-order valence-corrected chi connectivity index (χ0v) is 20.8. The van der Waals surface area contributed by atoms with Gasteiger partial charge in [0.25, 0.3) is 0 Å². The number of carbonyl (C=O) groups is 2. The Labute approximate surface area is 209 Å². The Bertz CT molecular complexity index is 1060. The highest BCUT2D eigenvalue weighted by Gasteiger charge is 2.60. The Morgan fingerprint density at radius 1 is 1.03 bits per heavy atom. The summed E-state index contributed by atoms with van der Waals surface area (Å²) in [4.78, 5) is 26.9. The minimum atomic E-state index is -4.77. The lowest BCUT2D eigenvalue weighted by molar-refractivity contribution is -0.274. The maximum atomic E-state index is 12.7. The fraction of sp³-hybridized carbons (Fsp3) is 0.630. The fourth-order valence-corrected chi connectivity index (χ4v) is 7.96. The summed E-state index contributed by atoms with van der Waals surface area (Å²) < 4.78 is 46.3. The van der Waals surface area contributed by atoms with Gasteiger partial charge in [-0.25, -0.2) is 4.79 Å². The first-order chi connectivity index (χ1) is 16.9. The van der Waals surface area contributed by atoms with Crippen molar-refractivity contribution in [1.29, 1.82) is 0 Å². The van der Waals surface area contributed by atoms with Gasteiger partial charge in [0.2, 0.25) is 5.91 Å². The van der Waals surface area contributed by atoms with E-state index in [1.54, 1.807) is 6.08 Å². The molecule has 1 aromatic rings. The summed E-state index contributed by atoms with van der Waals surface area (Å²) in [6.45, 7) is 4.58. The Morgan fingerprint density at radius 2 is 1.72 bits per heavy atom. The molecule has 6 nitrogen and oxygen atoms in total. The average Bonchev–Trinajstić information content (AvgIpc) is 3.13. The van der Waals surface area contributed by atoms with E-state index < -0.39 is 12.5 Å². The van der Waals surface area contributed by atoms with Crippen molar-refractivity contribution in [2.75, 3.05) is 7.05 Å². The molecule has 1 N–H and O–H groups in total. The number of rotatable bonds is 3. The summed E-state index contributed by atoms with van der Waals surface area (Å²) in [6.07, 6.45) is 4.54. The van der Waals surface area contributed by atoms with Crippen molar-refractivity contribution in [2.45, 2.75) is 70.8 Å². The normalized spacial score (nSPS) is 37.6. The molecular formula is C27H33F3N2O4. The molecule has 7 atom stereocenters. The van der Waals surface area contributed by atoms with Crippen molar-refractivity contribution < 1.29 is 32.2 Å². The van der Waals surface area contributed by atoms with Crippen LogP contribution in [0.1, 0.15) is 52.4 Å². The predicted octanol–water partition coefficient (Wildman–Crippen LogP) is 5.68. The highest BCUT2D eigenvalue weighted by molar-refractivity contribution is 5.89. The minimum Gasteiger partial charge on any atom is -0.410 e. The van der Waals surface area contributed by atoms with Crippen LogP contribution in [-0.4, -0.2) is 42.4 Å². The smallest absolute Gasteiger partial charge is 0.410 e. The number of likely N-dealkylation sites (N-methyl/N-ethyl adjacent to an activating group) is 1. The van der Waals surface area contributed by atoms with E-state index in [9.17, 15) is 22.8 Å². The molecule has 196 valence electrons. The maximum Gasteiger partial charge on any atom is 0.573 e. The molecule has 0 aromatic heterocycles. The van der Waals surface area contributed by atoms with E-state index in [4.69, 9.17) is 4.74 Å². The van der Waals surface area contributed by atoms with Crippen LogP contribution >= 0.6 is 0 Å². The third-order valence-electron chi connectivity index (χ3n) is 9.69. The number of nitrogens with one attached hydrogen (secondary N) is 1. The molecule has 4 aliphatic rings. The minimum absolute atomic E-state index is 0.0273. The average molecular weight is 507 g/mol. The Balaban J connectivity index is 1.24. The monoisotopic (exact) mass is 506 g/mol. The molecule has 3 aliphatic carbocycles. The number of ether oxygens (including phenoxy) is 2. The molecular weight excluding hydrogens is 473 g/mol. The summed E-state index contributed by atoms with van der Waals surface area (Å²) in [5, 5.41) is 3.05. The quantitative estimate of drug-likeness (QED) is 0.573. The zero-order valence-electron chi connectivity index (χ0n) is 20.8. The zero-order chi connectivity index (χ0) is 25.9.